The molecule has 1 saturated heterocycles. The first-order valence-electron chi connectivity index (χ1n) is 7.88. The number of piperidine rings is 1. The Hall–Kier alpha value is -1.62. The Balaban J connectivity index is 1.90. The van der Waals surface area contributed by atoms with E-state index in [1.54, 1.807) is 11.8 Å². The molecule has 0 aromatic carbocycles. The van der Waals surface area contributed by atoms with Gasteiger partial charge in [0.15, 0.2) is 0 Å². The predicted molar refractivity (Wildman–Crippen MR) is 84.7 cm³/mol. The van der Waals surface area contributed by atoms with E-state index in [1.165, 1.54) is 5.56 Å². The van der Waals surface area contributed by atoms with Crippen LogP contribution in [-0.2, 0) is 4.74 Å². The summed E-state index contributed by atoms with van der Waals surface area (Å²) in [4.78, 5) is 18.1. The van der Waals surface area contributed by atoms with Crippen molar-refractivity contribution in [2.24, 2.45) is 0 Å². The van der Waals surface area contributed by atoms with Gasteiger partial charge in [0.05, 0.1) is 11.8 Å². The maximum absolute atomic E-state index is 12.0. The largest absolute Gasteiger partial charge is 0.444 e. The van der Waals surface area contributed by atoms with Gasteiger partial charge in [0.2, 0.25) is 0 Å². The predicted octanol–water partition coefficient (Wildman–Crippen LogP) is 3.25. The molecule has 1 unspecified atom stereocenters. The van der Waals surface area contributed by atoms with Crippen molar-refractivity contribution in [2.45, 2.75) is 58.2 Å². The van der Waals surface area contributed by atoms with Crippen LogP contribution in [0.25, 0.3) is 0 Å². The van der Waals surface area contributed by atoms with E-state index in [9.17, 15) is 9.90 Å². The Morgan fingerprint density at radius 2 is 2.00 bits per heavy atom. The van der Waals surface area contributed by atoms with E-state index >= 15 is 0 Å². The van der Waals surface area contributed by atoms with E-state index in [1.807, 2.05) is 39.1 Å². The lowest BCUT2D eigenvalue weighted by Crippen LogP contribution is -2.41. The van der Waals surface area contributed by atoms with Crippen LogP contribution in [0.1, 0.15) is 63.8 Å². The molecule has 22 heavy (non-hydrogen) atoms. The van der Waals surface area contributed by atoms with Crippen LogP contribution < -0.4 is 0 Å². The van der Waals surface area contributed by atoms with Crippen LogP contribution in [0.5, 0.6) is 0 Å². The Labute approximate surface area is 132 Å². The van der Waals surface area contributed by atoms with Crippen molar-refractivity contribution in [3.63, 3.8) is 0 Å². The fourth-order valence-electron chi connectivity index (χ4n) is 2.63. The number of amides is 1. The molecule has 1 aliphatic heterocycles. The number of likely N-dealkylation sites (tertiary alicyclic amines) is 1. The minimum Gasteiger partial charge on any atom is -0.444 e. The minimum absolute atomic E-state index is 0.228. The molecular weight excluding hydrogens is 280 g/mol. The number of carbonyl (C=O) groups is 1. The number of ether oxygens (including phenoxy) is 1. The number of carbonyl (C=O) groups excluding carboxylic acids is 1. The molecule has 0 aliphatic carbocycles. The lowest BCUT2D eigenvalue weighted by atomic mass is 9.90. The minimum atomic E-state index is -0.539. The Morgan fingerprint density at radius 1 is 1.36 bits per heavy atom. The quantitative estimate of drug-likeness (QED) is 0.911. The van der Waals surface area contributed by atoms with E-state index in [0.717, 1.165) is 12.8 Å². The molecule has 1 amide bonds. The first-order chi connectivity index (χ1) is 10.3. The molecular formula is C17H26N2O3. The van der Waals surface area contributed by atoms with Crippen molar-refractivity contribution in [1.29, 1.82) is 0 Å². The molecule has 122 valence electrons. The molecule has 1 aromatic rings. The van der Waals surface area contributed by atoms with Gasteiger partial charge in [0, 0.05) is 19.3 Å². The zero-order chi connectivity index (χ0) is 16.3. The van der Waals surface area contributed by atoms with Gasteiger partial charge in [-0.3, -0.25) is 4.98 Å². The molecule has 1 atom stereocenters. The van der Waals surface area contributed by atoms with E-state index in [2.05, 4.69) is 4.98 Å². The second kappa shape index (κ2) is 6.65. The molecule has 0 radical (unpaired) electrons. The molecule has 2 rings (SSSR count). The smallest absolute Gasteiger partial charge is 0.410 e. The maximum atomic E-state index is 12.0. The monoisotopic (exact) mass is 306 g/mol. The van der Waals surface area contributed by atoms with E-state index in [0.29, 0.717) is 24.7 Å². The average Bonchev–Trinajstić information content (AvgIpc) is 2.46. The summed E-state index contributed by atoms with van der Waals surface area (Å²) < 4.78 is 5.41. The van der Waals surface area contributed by atoms with Gasteiger partial charge in [-0.2, -0.15) is 0 Å². The summed E-state index contributed by atoms with van der Waals surface area (Å²) in [5, 5.41) is 9.49. The number of rotatable bonds is 2. The van der Waals surface area contributed by atoms with Crippen LogP contribution in [0.2, 0.25) is 0 Å². The zero-order valence-electron chi connectivity index (χ0n) is 13.9. The fourth-order valence-corrected chi connectivity index (χ4v) is 2.63. The van der Waals surface area contributed by atoms with Crippen LogP contribution in [-0.4, -0.2) is 39.8 Å². The Bertz CT molecular complexity index is 498. The molecule has 0 spiro atoms. The first kappa shape index (κ1) is 16.7. The summed E-state index contributed by atoms with van der Waals surface area (Å²) in [5.74, 6) is 0.411. The SMILES string of the molecule is CC(O)c1ccc(C2CCN(C(=O)OC(C)(C)C)CC2)cn1. The van der Waals surface area contributed by atoms with Crippen LogP contribution >= 0.6 is 0 Å². The average molecular weight is 306 g/mol. The molecule has 0 bridgehead atoms. The normalized spacial score (nSPS) is 18.1. The second-order valence-electron chi connectivity index (χ2n) is 6.93. The highest BCUT2D eigenvalue weighted by molar-refractivity contribution is 5.68. The van der Waals surface area contributed by atoms with Gasteiger partial charge in [-0.25, -0.2) is 4.79 Å². The van der Waals surface area contributed by atoms with Crippen molar-refractivity contribution in [3.8, 4) is 0 Å². The molecule has 5 nitrogen and oxygen atoms in total. The molecule has 1 fully saturated rings. The molecule has 1 N–H and O–H groups in total. The van der Waals surface area contributed by atoms with E-state index in [4.69, 9.17) is 4.74 Å². The topological polar surface area (TPSA) is 62.7 Å². The first-order valence-corrected chi connectivity index (χ1v) is 7.88. The lowest BCUT2D eigenvalue weighted by Gasteiger charge is -2.33. The number of hydrogen-bond acceptors (Lipinski definition) is 4. The molecule has 2 heterocycles. The van der Waals surface area contributed by atoms with Gasteiger partial charge < -0.3 is 14.7 Å². The number of nitrogens with zero attached hydrogens (tertiary/aromatic N) is 2. The van der Waals surface area contributed by atoms with Crippen molar-refractivity contribution in [1.82, 2.24) is 9.88 Å². The van der Waals surface area contributed by atoms with Crippen LogP contribution in [0.3, 0.4) is 0 Å². The van der Waals surface area contributed by atoms with Crippen molar-refractivity contribution in [3.05, 3.63) is 29.6 Å². The van der Waals surface area contributed by atoms with E-state index < -0.39 is 11.7 Å². The number of pyridine rings is 1. The Morgan fingerprint density at radius 3 is 2.45 bits per heavy atom. The summed E-state index contributed by atoms with van der Waals surface area (Å²) in [6.07, 6.45) is 2.90. The lowest BCUT2D eigenvalue weighted by molar-refractivity contribution is 0.0204. The van der Waals surface area contributed by atoms with Crippen molar-refractivity contribution < 1.29 is 14.6 Å². The zero-order valence-corrected chi connectivity index (χ0v) is 13.9. The van der Waals surface area contributed by atoms with Gasteiger partial charge in [0.1, 0.15) is 5.60 Å². The Kier molecular flexibility index (Phi) is 5.06. The van der Waals surface area contributed by atoms with Crippen LogP contribution in [0, 0.1) is 0 Å². The molecule has 1 aliphatic rings. The van der Waals surface area contributed by atoms with Crippen LogP contribution in [0.4, 0.5) is 4.79 Å². The van der Waals surface area contributed by atoms with Gasteiger partial charge in [0.25, 0.3) is 0 Å². The standard InChI is InChI=1S/C17H26N2O3/c1-12(20)15-6-5-14(11-18-15)13-7-9-19(10-8-13)16(21)22-17(2,3)4/h5-6,11-13,20H,7-10H2,1-4H3. The third-order valence-corrected chi connectivity index (χ3v) is 3.86. The number of aliphatic hydroxyl groups excluding tert-OH is 1. The molecule has 1 aromatic heterocycles. The van der Waals surface area contributed by atoms with Crippen LogP contribution in [0.15, 0.2) is 18.3 Å². The van der Waals surface area contributed by atoms with E-state index in [-0.39, 0.29) is 6.09 Å². The third kappa shape index (κ3) is 4.44. The van der Waals surface area contributed by atoms with Crippen molar-refractivity contribution in [2.75, 3.05) is 13.1 Å². The van der Waals surface area contributed by atoms with Gasteiger partial charge in [-0.1, -0.05) is 6.07 Å². The fraction of sp³-hybridized carbons (Fsp3) is 0.647. The highest BCUT2D eigenvalue weighted by Crippen LogP contribution is 2.28. The third-order valence-electron chi connectivity index (χ3n) is 3.86. The summed E-state index contributed by atoms with van der Waals surface area (Å²) >= 11 is 0. The second-order valence-corrected chi connectivity index (χ2v) is 6.93. The summed E-state index contributed by atoms with van der Waals surface area (Å²) in [5.41, 5.74) is 1.41. The summed E-state index contributed by atoms with van der Waals surface area (Å²) in [7, 11) is 0. The number of hydrogen-bond donors (Lipinski definition) is 1. The number of aromatic nitrogens is 1. The molecule has 5 heteroatoms. The van der Waals surface area contributed by atoms with Crippen molar-refractivity contribution >= 4 is 6.09 Å². The number of aliphatic hydroxyl groups is 1. The summed E-state index contributed by atoms with van der Waals surface area (Å²) in [6, 6.07) is 3.91. The van der Waals surface area contributed by atoms with Gasteiger partial charge in [-0.05, 0) is 58.1 Å². The highest BCUT2D eigenvalue weighted by atomic mass is 16.6. The highest BCUT2D eigenvalue weighted by Gasteiger charge is 2.27. The van der Waals surface area contributed by atoms with Gasteiger partial charge in [-0.15, -0.1) is 0 Å². The molecule has 0 saturated carbocycles. The maximum Gasteiger partial charge on any atom is 0.410 e. The summed E-state index contributed by atoms with van der Waals surface area (Å²) in [6.45, 7) is 8.77. The van der Waals surface area contributed by atoms with Gasteiger partial charge >= 0.3 is 6.09 Å².